The van der Waals surface area contributed by atoms with Gasteiger partial charge in [-0.2, -0.15) is 0 Å². The minimum atomic E-state index is -0.483. The highest BCUT2D eigenvalue weighted by molar-refractivity contribution is 6.30. The molecule has 2 unspecified atom stereocenters. The molecule has 0 aliphatic carbocycles. The van der Waals surface area contributed by atoms with E-state index >= 15 is 0 Å². The molecule has 5 nitrogen and oxygen atoms in total. The summed E-state index contributed by atoms with van der Waals surface area (Å²) < 4.78 is 5.35. The molecule has 1 N–H and O–H groups in total. The normalized spacial score (nSPS) is 22.2. The topological polar surface area (TPSA) is 58.6 Å². The third kappa shape index (κ3) is 2.79. The Labute approximate surface area is 150 Å². The van der Waals surface area contributed by atoms with Gasteiger partial charge in [0.1, 0.15) is 6.04 Å². The number of fused-ring (bicyclic) bond motifs is 2. The number of benzene rings is 2. The molecule has 1 fully saturated rings. The highest BCUT2D eigenvalue weighted by Crippen LogP contribution is 2.32. The number of anilines is 1. The van der Waals surface area contributed by atoms with Gasteiger partial charge in [0.25, 0.3) is 5.91 Å². The quantitative estimate of drug-likeness (QED) is 0.899. The van der Waals surface area contributed by atoms with Crippen LogP contribution in [0.4, 0.5) is 5.69 Å². The fourth-order valence-corrected chi connectivity index (χ4v) is 3.59. The zero-order valence-electron chi connectivity index (χ0n) is 13.7. The van der Waals surface area contributed by atoms with E-state index in [0.717, 1.165) is 11.1 Å². The number of hydrogen-bond acceptors (Lipinski definition) is 3. The number of amides is 2. The molecule has 0 radical (unpaired) electrons. The molecule has 0 spiro atoms. The lowest BCUT2D eigenvalue weighted by Gasteiger charge is -2.20. The maximum absolute atomic E-state index is 13.0. The van der Waals surface area contributed by atoms with E-state index in [1.807, 2.05) is 36.4 Å². The van der Waals surface area contributed by atoms with Crippen molar-refractivity contribution in [3.63, 3.8) is 0 Å². The number of hydrogen-bond donors (Lipinski definition) is 1. The SMILES string of the molecule is COC1CC2C(=O)Nc3ccc(-c4ccc(Cl)cc4)cc3C(=O)N2C1. The Balaban J connectivity index is 1.75. The number of rotatable bonds is 2. The van der Waals surface area contributed by atoms with Crippen molar-refractivity contribution in [3.8, 4) is 11.1 Å². The van der Waals surface area contributed by atoms with E-state index < -0.39 is 6.04 Å². The fourth-order valence-electron chi connectivity index (χ4n) is 3.46. The molecule has 0 aromatic heterocycles. The van der Waals surface area contributed by atoms with Gasteiger partial charge in [0.2, 0.25) is 5.91 Å². The molecule has 2 heterocycles. The average molecular weight is 357 g/mol. The molecule has 2 atom stereocenters. The third-order valence-electron chi connectivity index (χ3n) is 4.84. The van der Waals surface area contributed by atoms with Gasteiger partial charge in [-0.15, -0.1) is 0 Å². The second-order valence-corrected chi connectivity index (χ2v) is 6.76. The van der Waals surface area contributed by atoms with E-state index in [2.05, 4.69) is 5.32 Å². The van der Waals surface area contributed by atoms with Crippen molar-refractivity contribution in [2.24, 2.45) is 0 Å². The number of carbonyl (C=O) groups excluding carboxylic acids is 2. The van der Waals surface area contributed by atoms with E-state index in [1.54, 1.807) is 18.1 Å². The van der Waals surface area contributed by atoms with Gasteiger partial charge in [-0.1, -0.05) is 29.8 Å². The van der Waals surface area contributed by atoms with Crippen LogP contribution in [0.15, 0.2) is 42.5 Å². The predicted octanol–water partition coefficient (Wildman–Crippen LogP) is 3.19. The Morgan fingerprint density at radius 2 is 1.84 bits per heavy atom. The van der Waals surface area contributed by atoms with Crippen molar-refractivity contribution in [3.05, 3.63) is 53.1 Å². The summed E-state index contributed by atoms with van der Waals surface area (Å²) in [5.74, 6) is -0.306. The fraction of sp³-hybridized carbons (Fsp3) is 0.263. The number of carbonyl (C=O) groups is 2. The van der Waals surface area contributed by atoms with Crippen molar-refractivity contribution in [1.82, 2.24) is 4.90 Å². The lowest BCUT2D eigenvalue weighted by atomic mass is 10.0. The number of ether oxygens (including phenoxy) is 1. The van der Waals surface area contributed by atoms with Crippen LogP contribution in [-0.4, -0.2) is 42.5 Å². The summed E-state index contributed by atoms with van der Waals surface area (Å²) in [6, 6.07) is 12.5. The Hall–Kier alpha value is -2.37. The molecule has 1 saturated heterocycles. The van der Waals surface area contributed by atoms with E-state index in [1.165, 1.54) is 0 Å². The van der Waals surface area contributed by atoms with Crippen molar-refractivity contribution in [2.45, 2.75) is 18.6 Å². The van der Waals surface area contributed by atoms with Crippen LogP contribution >= 0.6 is 11.6 Å². The summed E-state index contributed by atoms with van der Waals surface area (Å²) in [4.78, 5) is 27.1. The molecule has 128 valence electrons. The molecule has 0 bridgehead atoms. The molecular weight excluding hydrogens is 340 g/mol. The summed E-state index contributed by atoms with van der Waals surface area (Å²) in [6.45, 7) is 0.429. The highest BCUT2D eigenvalue weighted by Gasteiger charge is 2.42. The molecule has 2 aromatic carbocycles. The minimum Gasteiger partial charge on any atom is -0.380 e. The van der Waals surface area contributed by atoms with Crippen LogP contribution in [-0.2, 0) is 9.53 Å². The summed E-state index contributed by atoms with van der Waals surface area (Å²) >= 11 is 5.94. The maximum Gasteiger partial charge on any atom is 0.256 e. The van der Waals surface area contributed by atoms with Gasteiger partial charge in [0, 0.05) is 25.1 Å². The van der Waals surface area contributed by atoms with Crippen molar-refractivity contribution in [2.75, 3.05) is 19.0 Å². The zero-order chi connectivity index (χ0) is 17.6. The smallest absolute Gasteiger partial charge is 0.256 e. The van der Waals surface area contributed by atoms with E-state index in [9.17, 15) is 9.59 Å². The molecule has 4 rings (SSSR count). The largest absolute Gasteiger partial charge is 0.380 e. The van der Waals surface area contributed by atoms with Gasteiger partial charge < -0.3 is 15.0 Å². The van der Waals surface area contributed by atoms with Crippen LogP contribution in [0.3, 0.4) is 0 Å². The van der Waals surface area contributed by atoms with Gasteiger partial charge >= 0.3 is 0 Å². The molecular formula is C19H17ClN2O3. The number of nitrogens with one attached hydrogen (secondary N) is 1. The monoisotopic (exact) mass is 356 g/mol. The van der Waals surface area contributed by atoms with E-state index in [4.69, 9.17) is 16.3 Å². The zero-order valence-corrected chi connectivity index (χ0v) is 14.4. The number of nitrogens with zero attached hydrogens (tertiary/aromatic N) is 1. The summed E-state index contributed by atoms with van der Waals surface area (Å²) in [6.07, 6.45) is 0.409. The summed E-state index contributed by atoms with van der Waals surface area (Å²) in [7, 11) is 1.60. The maximum atomic E-state index is 13.0. The van der Waals surface area contributed by atoms with Crippen molar-refractivity contribution in [1.29, 1.82) is 0 Å². The van der Waals surface area contributed by atoms with Crippen LogP contribution in [0.5, 0.6) is 0 Å². The third-order valence-corrected chi connectivity index (χ3v) is 5.10. The van der Waals surface area contributed by atoms with E-state index in [-0.39, 0.29) is 17.9 Å². The molecule has 2 aromatic rings. The number of methoxy groups -OCH3 is 1. The van der Waals surface area contributed by atoms with Crippen molar-refractivity contribution < 1.29 is 14.3 Å². The molecule has 0 saturated carbocycles. The predicted molar refractivity (Wildman–Crippen MR) is 95.8 cm³/mol. The molecule has 2 aliphatic heterocycles. The Kier molecular flexibility index (Phi) is 3.98. The first-order chi connectivity index (χ1) is 12.1. The number of halogens is 1. The molecule has 6 heteroatoms. The first-order valence-corrected chi connectivity index (χ1v) is 8.49. The second kappa shape index (κ2) is 6.17. The Bertz CT molecular complexity index is 850. The van der Waals surface area contributed by atoms with Gasteiger partial charge in [-0.3, -0.25) is 9.59 Å². The van der Waals surface area contributed by atoms with Gasteiger partial charge in [0.15, 0.2) is 0 Å². The summed E-state index contributed by atoms with van der Waals surface area (Å²) in [5, 5.41) is 3.54. The second-order valence-electron chi connectivity index (χ2n) is 6.32. The van der Waals surface area contributed by atoms with Gasteiger partial charge in [0.05, 0.1) is 17.4 Å². The Morgan fingerprint density at radius 3 is 2.56 bits per heavy atom. The van der Waals surface area contributed by atoms with Gasteiger partial charge in [-0.25, -0.2) is 0 Å². The first-order valence-electron chi connectivity index (χ1n) is 8.11. The van der Waals surface area contributed by atoms with Gasteiger partial charge in [-0.05, 0) is 35.4 Å². The standard InChI is InChI=1S/C19H17ClN2O3/c1-25-14-9-17-18(23)21-16-7-4-12(11-2-5-13(20)6-3-11)8-15(16)19(24)22(17)10-14/h2-8,14,17H,9-10H2,1H3,(H,21,23). The lowest BCUT2D eigenvalue weighted by molar-refractivity contribution is -0.119. The van der Waals surface area contributed by atoms with Crippen molar-refractivity contribution >= 4 is 29.1 Å². The van der Waals surface area contributed by atoms with E-state index in [0.29, 0.717) is 29.2 Å². The average Bonchev–Trinajstić information content (AvgIpc) is 3.03. The molecule has 25 heavy (non-hydrogen) atoms. The highest BCUT2D eigenvalue weighted by atomic mass is 35.5. The van der Waals surface area contributed by atoms with Crippen LogP contribution in [0.2, 0.25) is 5.02 Å². The molecule has 2 aliphatic rings. The van der Waals surface area contributed by atoms with Crippen LogP contribution < -0.4 is 5.32 Å². The summed E-state index contributed by atoms with van der Waals surface area (Å²) in [5.41, 5.74) is 2.92. The van der Waals surface area contributed by atoms with Crippen LogP contribution in [0.25, 0.3) is 11.1 Å². The minimum absolute atomic E-state index is 0.110. The molecule has 2 amide bonds. The lowest BCUT2D eigenvalue weighted by Crippen LogP contribution is -2.40. The van der Waals surface area contributed by atoms with Crippen LogP contribution in [0.1, 0.15) is 16.8 Å². The first kappa shape index (κ1) is 16.1. The Morgan fingerprint density at radius 1 is 1.12 bits per heavy atom. The van der Waals surface area contributed by atoms with Crippen LogP contribution in [0, 0.1) is 0 Å².